The summed E-state index contributed by atoms with van der Waals surface area (Å²) in [5.41, 5.74) is 1.88. The SMILES string of the molecule is COC(=O)c1ccc(-c2ccc(C(=O)O)cc2OC(C)C)c(OC(C)C)c1. The van der Waals surface area contributed by atoms with Crippen LogP contribution in [0.1, 0.15) is 48.4 Å². The van der Waals surface area contributed by atoms with E-state index in [-0.39, 0.29) is 17.8 Å². The first-order valence-corrected chi connectivity index (χ1v) is 8.66. The molecule has 0 fully saturated rings. The molecule has 144 valence electrons. The van der Waals surface area contributed by atoms with Crippen molar-refractivity contribution in [1.29, 1.82) is 0 Å². The average molecular weight is 372 g/mol. The Kier molecular flexibility index (Phi) is 6.45. The normalized spacial score (nSPS) is 10.8. The number of aromatic carboxylic acids is 1. The van der Waals surface area contributed by atoms with E-state index in [4.69, 9.17) is 14.2 Å². The molecule has 0 aliphatic heterocycles. The molecule has 0 radical (unpaired) electrons. The van der Waals surface area contributed by atoms with Gasteiger partial charge in [0.15, 0.2) is 0 Å². The molecule has 6 heteroatoms. The third-order valence-corrected chi connectivity index (χ3v) is 3.65. The molecular weight excluding hydrogens is 348 g/mol. The number of carbonyl (C=O) groups is 2. The number of carboxylic acid groups (broad SMARTS) is 1. The zero-order valence-electron chi connectivity index (χ0n) is 16.1. The van der Waals surface area contributed by atoms with Gasteiger partial charge in [-0.25, -0.2) is 9.59 Å². The average Bonchev–Trinajstić information content (AvgIpc) is 2.60. The van der Waals surface area contributed by atoms with Crippen molar-refractivity contribution in [3.05, 3.63) is 47.5 Å². The van der Waals surface area contributed by atoms with Gasteiger partial charge in [-0.3, -0.25) is 0 Å². The van der Waals surface area contributed by atoms with E-state index >= 15 is 0 Å². The van der Waals surface area contributed by atoms with Crippen LogP contribution in [0.25, 0.3) is 11.1 Å². The van der Waals surface area contributed by atoms with Crippen LogP contribution in [0.15, 0.2) is 36.4 Å². The molecule has 0 saturated carbocycles. The van der Waals surface area contributed by atoms with Crippen LogP contribution in [-0.4, -0.2) is 36.4 Å². The Morgan fingerprint density at radius 1 is 0.815 bits per heavy atom. The van der Waals surface area contributed by atoms with Gasteiger partial charge in [-0.15, -0.1) is 0 Å². The van der Waals surface area contributed by atoms with E-state index in [9.17, 15) is 14.7 Å². The maximum atomic E-state index is 11.9. The fourth-order valence-electron chi connectivity index (χ4n) is 2.57. The summed E-state index contributed by atoms with van der Waals surface area (Å²) in [5.74, 6) is -0.571. The quantitative estimate of drug-likeness (QED) is 0.725. The number of esters is 1. The van der Waals surface area contributed by atoms with E-state index in [1.165, 1.54) is 19.2 Å². The molecule has 0 aromatic heterocycles. The lowest BCUT2D eigenvalue weighted by molar-refractivity contribution is 0.0599. The number of hydrogen-bond acceptors (Lipinski definition) is 5. The Morgan fingerprint density at radius 2 is 1.26 bits per heavy atom. The van der Waals surface area contributed by atoms with E-state index < -0.39 is 11.9 Å². The van der Waals surface area contributed by atoms with Crippen molar-refractivity contribution < 1.29 is 28.9 Å². The molecule has 27 heavy (non-hydrogen) atoms. The molecule has 0 atom stereocenters. The molecule has 2 rings (SSSR count). The zero-order valence-corrected chi connectivity index (χ0v) is 16.1. The summed E-state index contributed by atoms with van der Waals surface area (Å²) >= 11 is 0. The Hall–Kier alpha value is -3.02. The van der Waals surface area contributed by atoms with Crippen LogP contribution in [0.4, 0.5) is 0 Å². The summed E-state index contributed by atoms with van der Waals surface area (Å²) in [5, 5.41) is 9.27. The van der Waals surface area contributed by atoms with E-state index in [1.54, 1.807) is 24.3 Å². The maximum absolute atomic E-state index is 11.9. The molecule has 0 heterocycles. The van der Waals surface area contributed by atoms with E-state index in [0.29, 0.717) is 28.2 Å². The number of hydrogen-bond donors (Lipinski definition) is 1. The van der Waals surface area contributed by atoms with Crippen molar-refractivity contribution in [3.8, 4) is 22.6 Å². The smallest absolute Gasteiger partial charge is 0.337 e. The highest BCUT2D eigenvalue weighted by Crippen LogP contribution is 2.38. The maximum Gasteiger partial charge on any atom is 0.337 e. The van der Waals surface area contributed by atoms with E-state index in [0.717, 1.165) is 0 Å². The Morgan fingerprint density at radius 3 is 1.67 bits per heavy atom. The minimum absolute atomic E-state index is 0.121. The second-order valence-corrected chi connectivity index (χ2v) is 6.55. The summed E-state index contributed by atoms with van der Waals surface area (Å²) < 4.78 is 16.5. The number of carbonyl (C=O) groups excluding carboxylic acids is 1. The topological polar surface area (TPSA) is 82.1 Å². The van der Waals surface area contributed by atoms with Gasteiger partial charge in [0.1, 0.15) is 11.5 Å². The van der Waals surface area contributed by atoms with Gasteiger partial charge in [-0.05, 0) is 64.1 Å². The van der Waals surface area contributed by atoms with Crippen LogP contribution in [0.3, 0.4) is 0 Å². The van der Waals surface area contributed by atoms with Crippen molar-refractivity contribution >= 4 is 11.9 Å². The van der Waals surface area contributed by atoms with Crippen LogP contribution in [0, 0.1) is 0 Å². The van der Waals surface area contributed by atoms with Gasteiger partial charge in [0.05, 0.1) is 30.4 Å². The molecule has 0 spiro atoms. The number of methoxy groups -OCH3 is 1. The largest absolute Gasteiger partial charge is 0.490 e. The molecule has 2 aromatic rings. The summed E-state index contributed by atoms with van der Waals surface area (Å²) in [6.07, 6.45) is -0.263. The van der Waals surface area contributed by atoms with Gasteiger partial charge in [0.2, 0.25) is 0 Å². The second-order valence-electron chi connectivity index (χ2n) is 6.55. The Labute approximate surface area is 158 Å². The number of ether oxygens (including phenoxy) is 3. The highest BCUT2D eigenvalue weighted by Gasteiger charge is 2.18. The molecule has 1 N–H and O–H groups in total. The summed E-state index contributed by atoms with van der Waals surface area (Å²) in [6.45, 7) is 7.49. The lowest BCUT2D eigenvalue weighted by Gasteiger charge is -2.19. The van der Waals surface area contributed by atoms with Crippen LogP contribution in [0.2, 0.25) is 0 Å². The highest BCUT2D eigenvalue weighted by atomic mass is 16.5. The van der Waals surface area contributed by atoms with Crippen LogP contribution >= 0.6 is 0 Å². The van der Waals surface area contributed by atoms with Gasteiger partial charge in [-0.2, -0.15) is 0 Å². The first-order chi connectivity index (χ1) is 12.7. The number of benzene rings is 2. The van der Waals surface area contributed by atoms with Crippen molar-refractivity contribution in [2.45, 2.75) is 39.9 Å². The first-order valence-electron chi connectivity index (χ1n) is 8.66. The molecule has 0 aliphatic carbocycles. The minimum atomic E-state index is -1.03. The highest BCUT2D eigenvalue weighted by molar-refractivity contribution is 5.93. The van der Waals surface area contributed by atoms with Crippen molar-refractivity contribution in [1.82, 2.24) is 0 Å². The van der Waals surface area contributed by atoms with E-state index in [1.807, 2.05) is 27.7 Å². The fourth-order valence-corrected chi connectivity index (χ4v) is 2.57. The van der Waals surface area contributed by atoms with Crippen molar-refractivity contribution in [3.63, 3.8) is 0 Å². The Bertz CT molecular complexity index is 839. The molecule has 0 saturated heterocycles. The molecular formula is C21H24O6. The van der Waals surface area contributed by atoms with Gasteiger partial charge in [-0.1, -0.05) is 0 Å². The molecule has 0 amide bonds. The second kappa shape index (κ2) is 8.58. The molecule has 0 unspecified atom stereocenters. The van der Waals surface area contributed by atoms with Crippen LogP contribution < -0.4 is 9.47 Å². The summed E-state index contributed by atoms with van der Waals surface area (Å²) in [7, 11) is 1.32. The standard InChI is InChI=1S/C21H24O6/c1-12(2)26-18-10-14(20(22)23)6-8-16(18)17-9-7-15(21(24)25-5)11-19(17)27-13(3)4/h6-13H,1-5H3,(H,22,23). The van der Waals surface area contributed by atoms with Crippen molar-refractivity contribution in [2.75, 3.05) is 7.11 Å². The predicted molar refractivity (Wildman–Crippen MR) is 102 cm³/mol. The van der Waals surface area contributed by atoms with E-state index in [2.05, 4.69) is 0 Å². The lowest BCUT2D eigenvalue weighted by atomic mass is 9.99. The molecule has 6 nitrogen and oxygen atoms in total. The van der Waals surface area contributed by atoms with Crippen LogP contribution in [-0.2, 0) is 4.74 Å². The van der Waals surface area contributed by atoms with Crippen LogP contribution in [0.5, 0.6) is 11.5 Å². The third kappa shape index (κ3) is 5.00. The number of rotatable bonds is 7. The van der Waals surface area contributed by atoms with Gasteiger partial charge in [0, 0.05) is 11.1 Å². The Balaban J connectivity index is 2.64. The summed E-state index contributed by atoms with van der Waals surface area (Å²) in [6, 6.07) is 9.68. The fraction of sp³-hybridized carbons (Fsp3) is 0.333. The van der Waals surface area contributed by atoms with Crippen molar-refractivity contribution in [2.24, 2.45) is 0 Å². The molecule has 0 bridgehead atoms. The summed E-state index contributed by atoms with van der Waals surface area (Å²) in [4.78, 5) is 23.2. The predicted octanol–water partition coefficient (Wildman–Crippen LogP) is 4.41. The monoisotopic (exact) mass is 372 g/mol. The van der Waals surface area contributed by atoms with Gasteiger partial charge in [0.25, 0.3) is 0 Å². The minimum Gasteiger partial charge on any atom is -0.490 e. The first kappa shape index (κ1) is 20.3. The van der Waals surface area contributed by atoms with Gasteiger partial charge >= 0.3 is 11.9 Å². The lowest BCUT2D eigenvalue weighted by Crippen LogP contribution is -2.10. The van der Waals surface area contributed by atoms with Gasteiger partial charge < -0.3 is 19.3 Å². The number of carboxylic acids is 1. The zero-order chi connectivity index (χ0) is 20.1. The molecule has 0 aliphatic rings. The molecule has 2 aromatic carbocycles. The third-order valence-electron chi connectivity index (χ3n) is 3.65.